The summed E-state index contributed by atoms with van der Waals surface area (Å²) in [6, 6.07) is 2.32. The van der Waals surface area contributed by atoms with Crippen molar-refractivity contribution >= 4 is 23.1 Å². The van der Waals surface area contributed by atoms with Crippen molar-refractivity contribution in [2.24, 2.45) is 0 Å². The maximum absolute atomic E-state index is 13.3. The third kappa shape index (κ3) is 5.98. The summed E-state index contributed by atoms with van der Waals surface area (Å²) in [5.74, 6) is -0.728. The monoisotopic (exact) mass is 476 g/mol. The molecule has 7 nitrogen and oxygen atoms in total. The van der Waals surface area contributed by atoms with E-state index in [4.69, 9.17) is 20.8 Å². The summed E-state index contributed by atoms with van der Waals surface area (Å²) in [4.78, 5) is 13.2. The number of carbonyl (C=O) groups is 1. The normalized spacial score (nSPS) is 15.8. The molecule has 3 rings (SSSR count). The van der Waals surface area contributed by atoms with Crippen LogP contribution in [0.5, 0.6) is 5.75 Å². The zero-order valence-electron chi connectivity index (χ0n) is 17.1. The van der Waals surface area contributed by atoms with Crippen molar-refractivity contribution in [2.75, 3.05) is 26.2 Å². The molecule has 1 aliphatic rings. The van der Waals surface area contributed by atoms with Gasteiger partial charge >= 0.3 is 6.18 Å². The quantitative estimate of drug-likeness (QED) is 0.554. The summed E-state index contributed by atoms with van der Waals surface area (Å²) >= 11 is 5.58. The Balaban J connectivity index is 1.38. The van der Waals surface area contributed by atoms with Gasteiger partial charge in [0.15, 0.2) is 6.61 Å². The van der Waals surface area contributed by atoms with Gasteiger partial charge in [0, 0.05) is 31.3 Å². The Hall–Kier alpha value is -2.66. The first-order valence-corrected chi connectivity index (χ1v) is 10.1. The predicted octanol–water partition coefficient (Wildman–Crippen LogP) is 3.81. The maximum atomic E-state index is 13.3. The maximum Gasteiger partial charge on any atom is 0.403 e. The second kappa shape index (κ2) is 9.86. The number of benzene rings is 1. The molecule has 0 radical (unpaired) electrons. The Kier molecular flexibility index (Phi) is 7.40. The molecule has 174 valence electrons. The van der Waals surface area contributed by atoms with Crippen molar-refractivity contribution in [3.63, 3.8) is 0 Å². The molecule has 1 fully saturated rings. The van der Waals surface area contributed by atoms with E-state index >= 15 is 0 Å². The summed E-state index contributed by atoms with van der Waals surface area (Å²) in [7, 11) is 0. The molecule has 0 aliphatic carbocycles. The van der Waals surface area contributed by atoms with Gasteiger partial charge in [0.25, 0.3) is 5.91 Å². The fourth-order valence-corrected chi connectivity index (χ4v) is 3.08. The number of nitrogens with zero attached hydrogens (tertiary/aromatic N) is 3. The first-order chi connectivity index (χ1) is 15.0. The minimum Gasteiger partial charge on any atom is -0.484 e. The van der Waals surface area contributed by atoms with E-state index in [-0.39, 0.29) is 54.7 Å². The number of hydrogen-bond donors (Lipinski definition) is 1. The van der Waals surface area contributed by atoms with Crippen LogP contribution < -0.4 is 10.1 Å². The highest BCUT2D eigenvalue weighted by atomic mass is 35.5. The number of likely N-dealkylation sites (tertiary alicyclic amines) is 1. The SMILES string of the molecule is C=C(CCNC(=O)COc1ccc(Cl)c(F)c1)c1nnc(C2CN(C(C)C(F)(F)F)C2)o1. The summed E-state index contributed by atoms with van der Waals surface area (Å²) in [5.41, 5.74) is 0.476. The minimum atomic E-state index is -4.28. The Morgan fingerprint density at radius 1 is 1.41 bits per heavy atom. The van der Waals surface area contributed by atoms with Gasteiger partial charge in [-0.15, -0.1) is 10.2 Å². The smallest absolute Gasteiger partial charge is 0.403 e. The molecule has 1 N–H and O–H groups in total. The van der Waals surface area contributed by atoms with Crippen molar-refractivity contribution < 1.29 is 31.5 Å². The highest BCUT2D eigenvalue weighted by Crippen LogP contribution is 2.34. The Labute approximate surface area is 186 Å². The van der Waals surface area contributed by atoms with Gasteiger partial charge in [-0.05, 0) is 25.5 Å². The molecule has 1 aromatic heterocycles. The summed E-state index contributed by atoms with van der Waals surface area (Å²) in [5, 5.41) is 10.4. The summed E-state index contributed by atoms with van der Waals surface area (Å²) in [6.45, 7) is 5.22. The fraction of sp³-hybridized carbons (Fsp3) is 0.450. The van der Waals surface area contributed by atoms with E-state index in [1.54, 1.807) is 0 Å². The summed E-state index contributed by atoms with van der Waals surface area (Å²) in [6.07, 6.45) is -3.97. The minimum absolute atomic E-state index is 0.0463. The van der Waals surface area contributed by atoms with E-state index in [9.17, 15) is 22.4 Å². The van der Waals surface area contributed by atoms with Crippen LogP contribution in [0.15, 0.2) is 29.2 Å². The van der Waals surface area contributed by atoms with Crippen LogP contribution in [0.3, 0.4) is 0 Å². The van der Waals surface area contributed by atoms with Crippen molar-refractivity contribution in [2.45, 2.75) is 31.5 Å². The van der Waals surface area contributed by atoms with E-state index < -0.39 is 23.9 Å². The van der Waals surface area contributed by atoms with Crippen LogP contribution in [0.2, 0.25) is 5.02 Å². The lowest BCUT2D eigenvalue weighted by Crippen LogP contribution is -2.54. The average molecular weight is 477 g/mol. The lowest BCUT2D eigenvalue weighted by Gasteiger charge is -2.41. The molecule has 1 atom stereocenters. The highest BCUT2D eigenvalue weighted by Gasteiger charge is 2.46. The molecule has 12 heteroatoms. The molecular weight excluding hydrogens is 456 g/mol. The zero-order valence-corrected chi connectivity index (χ0v) is 17.8. The van der Waals surface area contributed by atoms with Gasteiger partial charge in [0.05, 0.1) is 10.9 Å². The standard InChI is InChI=1S/C20H21ClF4N4O3/c1-11(5-6-26-17(30)10-31-14-3-4-15(21)16(22)7-14)18-27-28-19(32-18)13-8-29(9-13)12(2)20(23,24)25/h3-4,7,12-13H,1,5-6,8-10H2,2H3,(H,26,30). The third-order valence-corrected chi connectivity index (χ3v) is 5.34. The van der Waals surface area contributed by atoms with Gasteiger partial charge in [-0.2, -0.15) is 13.2 Å². The summed E-state index contributed by atoms with van der Waals surface area (Å²) < 4.78 is 62.3. The van der Waals surface area contributed by atoms with Gasteiger partial charge in [-0.25, -0.2) is 4.39 Å². The molecule has 0 bridgehead atoms. The van der Waals surface area contributed by atoms with Crippen LogP contribution in [0.25, 0.3) is 5.57 Å². The van der Waals surface area contributed by atoms with Gasteiger partial charge in [0.1, 0.15) is 17.6 Å². The lowest BCUT2D eigenvalue weighted by atomic mass is 9.98. The second-order valence-corrected chi connectivity index (χ2v) is 7.79. The van der Waals surface area contributed by atoms with E-state index in [0.717, 1.165) is 13.0 Å². The van der Waals surface area contributed by atoms with E-state index in [1.807, 2.05) is 0 Å². The average Bonchev–Trinajstić information content (AvgIpc) is 3.16. The first-order valence-electron chi connectivity index (χ1n) is 9.71. The van der Waals surface area contributed by atoms with Gasteiger partial charge in [-0.1, -0.05) is 18.2 Å². The molecule has 32 heavy (non-hydrogen) atoms. The van der Waals surface area contributed by atoms with Crippen LogP contribution in [0.4, 0.5) is 17.6 Å². The van der Waals surface area contributed by atoms with E-state index in [2.05, 4.69) is 22.1 Å². The number of halogens is 5. The molecule has 1 aliphatic heterocycles. The van der Waals surface area contributed by atoms with Gasteiger partial charge in [0.2, 0.25) is 11.8 Å². The number of nitrogens with one attached hydrogen (secondary N) is 1. The number of aromatic nitrogens is 2. The van der Waals surface area contributed by atoms with Gasteiger partial charge in [-0.3, -0.25) is 9.69 Å². The number of rotatable bonds is 9. The fourth-order valence-electron chi connectivity index (χ4n) is 2.96. The predicted molar refractivity (Wildman–Crippen MR) is 108 cm³/mol. The molecule has 0 saturated carbocycles. The number of ether oxygens (including phenoxy) is 1. The first kappa shape index (κ1) is 24.0. The molecule has 1 amide bonds. The van der Waals surface area contributed by atoms with Crippen molar-refractivity contribution in [1.29, 1.82) is 0 Å². The highest BCUT2D eigenvalue weighted by molar-refractivity contribution is 6.30. The third-order valence-electron chi connectivity index (χ3n) is 5.03. The van der Waals surface area contributed by atoms with Crippen molar-refractivity contribution in [3.05, 3.63) is 47.4 Å². The molecule has 0 spiro atoms. The van der Waals surface area contributed by atoms with Crippen LogP contribution >= 0.6 is 11.6 Å². The van der Waals surface area contributed by atoms with Gasteiger partial charge < -0.3 is 14.5 Å². The largest absolute Gasteiger partial charge is 0.484 e. The van der Waals surface area contributed by atoms with Crippen molar-refractivity contribution in [3.8, 4) is 5.75 Å². The Morgan fingerprint density at radius 2 is 2.12 bits per heavy atom. The van der Waals surface area contributed by atoms with E-state index in [0.29, 0.717) is 12.0 Å². The topological polar surface area (TPSA) is 80.5 Å². The molecule has 1 unspecified atom stereocenters. The van der Waals surface area contributed by atoms with Crippen LogP contribution in [0, 0.1) is 5.82 Å². The molecule has 1 aromatic carbocycles. The molecular formula is C20H21ClF4N4O3. The molecule has 2 aromatic rings. The van der Waals surface area contributed by atoms with Crippen LogP contribution in [-0.2, 0) is 4.79 Å². The zero-order chi connectivity index (χ0) is 23.5. The van der Waals surface area contributed by atoms with Crippen molar-refractivity contribution in [1.82, 2.24) is 20.4 Å². The molecule has 1 saturated heterocycles. The Bertz CT molecular complexity index is 976. The Morgan fingerprint density at radius 3 is 2.78 bits per heavy atom. The van der Waals surface area contributed by atoms with Crippen LogP contribution in [0.1, 0.15) is 31.0 Å². The second-order valence-electron chi connectivity index (χ2n) is 7.38. The number of carbonyl (C=O) groups excluding carboxylic acids is 1. The molecule has 2 heterocycles. The van der Waals surface area contributed by atoms with Crippen LogP contribution in [-0.4, -0.2) is 59.5 Å². The lowest BCUT2D eigenvalue weighted by molar-refractivity contribution is -0.190. The number of alkyl halides is 3. The number of hydrogen-bond acceptors (Lipinski definition) is 6. The van der Waals surface area contributed by atoms with E-state index in [1.165, 1.54) is 17.0 Å². The number of amides is 1.